The first kappa shape index (κ1) is 48.5. The zero-order valence-corrected chi connectivity index (χ0v) is 33.6. The molecule has 0 rings (SSSR count). The van der Waals surface area contributed by atoms with Crippen molar-refractivity contribution in [2.24, 2.45) is 0 Å². The Kier molecular flexibility index (Phi) is 33.0. The van der Waals surface area contributed by atoms with Crippen LogP contribution in [0.25, 0.3) is 0 Å². The molecule has 0 aromatic rings. The minimum Gasteiger partial charge on any atom is -0.477 e. The summed E-state index contributed by atoms with van der Waals surface area (Å²) in [7, 11) is 5.51. The summed E-state index contributed by atoms with van der Waals surface area (Å²) in [6, 6.07) is -0.614. The number of aliphatic carboxylic acids is 1. The van der Waals surface area contributed by atoms with E-state index < -0.39 is 18.1 Å². The lowest BCUT2D eigenvalue weighted by molar-refractivity contribution is -0.887. The number of allylic oxidation sites excluding steroid dienone is 6. The van der Waals surface area contributed by atoms with Crippen molar-refractivity contribution in [1.82, 2.24) is 0 Å². The van der Waals surface area contributed by atoms with E-state index in [0.29, 0.717) is 19.3 Å². The average Bonchev–Trinajstić information content (AvgIpc) is 3.08. The van der Waals surface area contributed by atoms with Gasteiger partial charge in [-0.3, -0.25) is 9.59 Å². The van der Waals surface area contributed by atoms with E-state index in [2.05, 4.69) is 50.3 Å². The van der Waals surface area contributed by atoms with E-state index in [9.17, 15) is 19.5 Å². The van der Waals surface area contributed by atoms with E-state index in [1.54, 1.807) is 0 Å². The third kappa shape index (κ3) is 33.2. The minimum atomic E-state index is -0.878. The fraction of sp³-hybridized carbons (Fsp3) is 0.791. The third-order valence-electron chi connectivity index (χ3n) is 9.04. The van der Waals surface area contributed by atoms with Crippen molar-refractivity contribution < 1.29 is 38.2 Å². The first-order valence-corrected chi connectivity index (χ1v) is 20.5. The Hall–Kier alpha value is -2.45. The van der Waals surface area contributed by atoms with Crippen molar-refractivity contribution in [1.29, 1.82) is 0 Å². The number of hydrogen-bond acceptors (Lipinski definition) is 6. The van der Waals surface area contributed by atoms with Crippen LogP contribution in [-0.4, -0.2) is 80.6 Å². The number of esters is 2. The fourth-order valence-electron chi connectivity index (χ4n) is 5.80. The van der Waals surface area contributed by atoms with Gasteiger partial charge in [0.15, 0.2) is 12.1 Å². The molecule has 8 heteroatoms. The minimum absolute atomic E-state index is 0.0550. The Labute approximate surface area is 313 Å². The molecule has 0 spiro atoms. The predicted molar refractivity (Wildman–Crippen MR) is 211 cm³/mol. The lowest BCUT2D eigenvalue weighted by atomic mass is 10.1. The molecule has 0 fully saturated rings. The number of carbonyl (C=O) groups excluding carboxylic acids is 2. The lowest BCUT2D eigenvalue weighted by Crippen LogP contribution is -2.50. The molecule has 2 atom stereocenters. The van der Waals surface area contributed by atoms with Gasteiger partial charge in [-0.2, -0.15) is 0 Å². The molecule has 1 N–H and O–H groups in total. The molecule has 296 valence electrons. The first-order valence-electron chi connectivity index (χ1n) is 20.5. The quantitative estimate of drug-likeness (QED) is 0.0298. The average molecular weight is 721 g/mol. The van der Waals surface area contributed by atoms with Crippen LogP contribution in [0.3, 0.4) is 0 Å². The maximum Gasteiger partial charge on any atom is 0.362 e. The number of ether oxygens (including phenoxy) is 3. The largest absolute Gasteiger partial charge is 0.477 e. The molecule has 0 aliphatic rings. The van der Waals surface area contributed by atoms with E-state index in [0.717, 1.165) is 64.2 Å². The molecule has 0 aromatic carbocycles. The van der Waals surface area contributed by atoms with Gasteiger partial charge in [0, 0.05) is 19.3 Å². The standard InChI is InChI=1S/C43H77NO7/c1-6-8-10-12-14-16-17-18-19-20-21-22-23-24-25-26-28-30-32-34-42(46)51-39(37-49-36-35-40(43(47)48)44(3,4)5)38-50-41(45)33-31-29-27-15-13-11-9-7-2/h14,16,18-19,21-22,39-40H,6-13,15,17,20,23-38H2,1-5H3/p+1/b16-14-,19-18-,22-21-. The summed E-state index contributed by atoms with van der Waals surface area (Å²) in [5, 5.41) is 9.58. The van der Waals surface area contributed by atoms with Gasteiger partial charge in [0.25, 0.3) is 0 Å². The number of rotatable bonds is 36. The number of quaternary nitrogens is 1. The SMILES string of the molecule is CCCCC/C=C\C/C=C\C/C=C\CCCCCCCCC(=O)OC(COCCC(C(=O)O)[N+](C)(C)C)COC(=O)CCCCCCCCCC. The summed E-state index contributed by atoms with van der Waals surface area (Å²) in [6.45, 7) is 4.66. The lowest BCUT2D eigenvalue weighted by Gasteiger charge is -2.31. The van der Waals surface area contributed by atoms with Gasteiger partial charge >= 0.3 is 17.9 Å². The highest BCUT2D eigenvalue weighted by Crippen LogP contribution is 2.13. The fourth-order valence-corrected chi connectivity index (χ4v) is 5.80. The van der Waals surface area contributed by atoms with Crippen LogP contribution in [-0.2, 0) is 28.6 Å². The van der Waals surface area contributed by atoms with Gasteiger partial charge in [-0.1, -0.05) is 134 Å². The second-order valence-electron chi connectivity index (χ2n) is 14.9. The monoisotopic (exact) mass is 721 g/mol. The van der Waals surface area contributed by atoms with Gasteiger partial charge in [0.1, 0.15) is 6.61 Å². The van der Waals surface area contributed by atoms with Crippen molar-refractivity contribution in [3.8, 4) is 0 Å². The zero-order chi connectivity index (χ0) is 37.8. The Morgan fingerprint density at radius 2 is 1.04 bits per heavy atom. The van der Waals surface area contributed by atoms with Gasteiger partial charge in [-0.05, 0) is 51.4 Å². The second-order valence-corrected chi connectivity index (χ2v) is 14.9. The molecule has 0 aliphatic heterocycles. The number of unbranched alkanes of at least 4 members (excludes halogenated alkanes) is 16. The molecule has 0 bridgehead atoms. The summed E-state index contributed by atoms with van der Waals surface area (Å²) in [4.78, 5) is 36.7. The number of carboxylic acid groups (broad SMARTS) is 1. The Bertz CT molecular complexity index is 937. The molecule has 0 saturated heterocycles. The number of carbonyl (C=O) groups is 3. The molecule has 0 aliphatic carbocycles. The van der Waals surface area contributed by atoms with Gasteiger partial charge < -0.3 is 23.8 Å². The van der Waals surface area contributed by atoms with E-state index in [4.69, 9.17) is 14.2 Å². The molecular weight excluding hydrogens is 642 g/mol. The highest BCUT2D eigenvalue weighted by atomic mass is 16.6. The Morgan fingerprint density at radius 3 is 1.57 bits per heavy atom. The van der Waals surface area contributed by atoms with Gasteiger partial charge in [-0.25, -0.2) is 4.79 Å². The van der Waals surface area contributed by atoms with Crippen LogP contribution in [0.4, 0.5) is 0 Å². The van der Waals surface area contributed by atoms with Crippen LogP contribution < -0.4 is 0 Å². The van der Waals surface area contributed by atoms with E-state index in [1.807, 2.05) is 21.1 Å². The van der Waals surface area contributed by atoms with Crippen molar-refractivity contribution >= 4 is 17.9 Å². The highest BCUT2D eigenvalue weighted by molar-refractivity contribution is 5.72. The summed E-state index contributed by atoms with van der Waals surface area (Å²) < 4.78 is 17.2. The van der Waals surface area contributed by atoms with E-state index in [1.165, 1.54) is 70.6 Å². The van der Waals surface area contributed by atoms with Crippen LogP contribution >= 0.6 is 0 Å². The summed E-state index contributed by atoms with van der Waals surface area (Å²) in [5.41, 5.74) is 0. The number of nitrogens with zero attached hydrogens (tertiary/aromatic N) is 1. The smallest absolute Gasteiger partial charge is 0.362 e. The van der Waals surface area contributed by atoms with Crippen molar-refractivity contribution in [2.75, 3.05) is 41.0 Å². The maximum atomic E-state index is 12.7. The molecule has 2 unspecified atom stereocenters. The first-order chi connectivity index (χ1) is 24.6. The van der Waals surface area contributed by atoms with Crippen molar-refractivity contribution in [3.05, 3.63) is 36.5 Å². The molecule has 8 nitrogen and oxygen atoms in total. The molecule has 0 aromatic heterocycles. The van der Waals surface area contributed by atoms with Crippen molar-refractivity contribution in [3.63, 3.8) is 0 Å². The highest BCUT2D eigenvalue weighted by Gasteiger charge is 2.31. The molecule has 0 heterocycles. The topological polar surface area (TPSA) is 99.1 Å². The maximum absolute atomic E-state index is 12.7. The number of hydrogen-bond donors (Lipinski definition) is 1. The van der Waals surface area contributed by atoms with Crippen LogP contribution in [0.1, 0.15) is 168 Å². The number of carboxylic acids is 1. The second kappa shape index (κ2) is 34.6. The summed E-state index contributed by atoms with van der Waals surface area (Å²) >= 11 is 0. The van der Waals surface area contributed by atoms with Crippen LogP contribution in [0.5, 0.6) is 0 Å². The predicted octanol–water partition coefficient (Wildman–Crippen LogP) is 10.7. The van der Waals surface area contributed by atoms with Crippen LogP contribution in [0.2, 0.25) is 0 Å². The van der Waals surface area contributed by atoms with Gasteiger partial charge in [-0.15, -0.1) is 0 Å². The Morgan fingerprint density at radius 1 is 0.588 bits per heavy atom. The van der Waals surface area contributed by atoms with Gasteiger partial charge in [0.2, 0.25) is 0 Å². The summed E-state index contributed by atoms with van der Waals surface area (Å²) in [5.74, 6) is -1.49. The van der Waals surface area contributed by atoms with Crippen LogP contribution in [0, 0.1) is 0 Å². The van der Waals surface area contributed by atoms with E-state index in [-0.39, 0.29) is 36.2 Å². The van der Waals surface area contributed by atoms with Crippen molar-refractivity contribution in [2.45, 2.75) is 180 Å². The molecule has 0 radical (unpaired) electrons. The Balaban J connectivity index is 4.34. The molecular formula is C43H78NO7+. The summed E-state index contributed by atoms with van der Waals surface area (Å²) in [6.07, 6.45) is 37.6. The van der Waals surface area contributed by atoms with Crippen LogP contribution in [0.15, 0.2) is 36.5 Å². The number of likely N-dealkylation sites (N-methyl/N-ethyl adjacent to an activating group) is 1. The molecule has 0 saturated carbocycles. The third-order valence-corrected chi connectivity index (χ3v) is 9.04. The van der Waals surface area contributed by atoms with Gasteiger partial charge in [0.05, 0.1) is 34.4 Å². The van der Waals surface area contributed by atoms with E-state index >= 15 is 0 Å². The molecule has 0 amide bonds. The normalized spacial score (nSPS) is 13.4. The molecule has 51 heavy (non-hydrogen) atoms. The zero-order valence-electron chi connectivity index (χ0n) is 33.6.